The second-order valence-electron chi connectivity index (χ2n) is 5.26. The summed E-state index contributed by atoms with van der Waals surface area (Å²) in [4.78, 5) is 27.7. The number of benzene rings is 1. The standard InChI is InChI=1S/C15H18N2O4/c1-11-8-16(6-7-20-11)14(18)9-17-12-4-2-3-5-13(12)21-10-15(17)19/h2-5,11H,6-10H2,1H3. The number of hydrogen-bond donors (Lipinski definition) is 0. The van der Waals surface area contributed by atoms with E-state index in [4.69, 9.17) is 9.47 Å². The molecule has 1 saturated heterocycles. The van der Waals surface area contributed by atoms with Crippen LogP contribution in [-0.2, 0) is 14.3 Å². The lowest BCUT2D eigenvalue weighted by molar-refractivity contribution is -0.138. The smallest absolute Gasteiger partial charge is 0.265 e. The lowest BCUT2D eigenvalue weighted by Crippen LogP contribution is -2.50. The number of ether oxygens (including phenoxy) is 2. The third-order valence-electron chi connectivity index (χ3n) is 3.70. The fraction of sp³-hybridized carbons (Fsp3) is 0.467. The third-order valence-corrected chi connectivity index (χ3v) is 3.70. The van der Waals surface area contributed by atoms with Crippen molar-refractivity contribution in [3.05, 3.63) is 24.3 Å². The van der Waals surface area contributed by atoms with Crippen LogP contribution >= 0.6 is 0 Å². The molecule has 1 unspecified atom stereocenters. The van der Waals surface area contributed by atoms with Gasteiger partial charge in [-0.15, -0.1) is 0 Å². The Hall–Kier alpha value is -2.08. The van der Waals surface area contributed by atoms with E-state index >= 15 is 0 Å². The number of hydrogen-bond acceptors (Lipinski definition) is 4. The predicted octanol–water partition coefficient (Wildman–Crippen LogP) is 0.659. The third kappa shape index (κ3) is 2.85. The first-order valence-corrected chi connectivity index (χ1v) is 7.06. The molecule has 6 nitrogen and oxygen atoms in total. The Bertz CT molecular complexity index is 560. The maximum Gasteiger partial charge on any atom is 0.265 e. The number of amides is 2. The molecule has 0 bridgehead atoms. The van der Waals surface area contributed by atoms with Gasteiger partial charge in [-0.25, -0.2) is 0 Å². The van der Waals surface area contributed by atoms with Gasteiger partial charge < -0.3 is 14.4 Å². The Morgan fingerprint density at radius 1 is 1.38 bits per heavy atom. The van der Waals surface area contributed by atoms with Gasteiger partial charge in [-0.2, -0.15) is 0 Å². The first-order valence-electron chi connectivity index (χ1n) is 7.06. The topological polar surface area (TPSA) is 59.1 Å². The van der Waals surface area contributed by atoms with Gasteiger partial charge in [0.05, 0.1) is 18.4 Å². The molecule has 21 heavy (non-hydrogen) atoms. The number of rotatable bonds is 2. The van der Waals surface area contributed by atoms with Crippen molar-refractivity contribution < 1.29 is 19.1 Å². The van der Waals surface area contributed by atoms with E-state index < -0.39 is 0 Å². The summed E-state index contributed by atoms with van der Waals surface area (Å²) < 4.78 is 10.8. The molecular formula is C15H18N2O4. The Balaban J connectivity index is 1.74. The van der Waals surface area contributed by atoms with Crippen molar-refractivity contribution in [3.63, 3.8) is 0 Å². The van der Waals surface area contributed by atoms with Crippen LogP contribution in [0.3, 0.4) is 0 Å². The van der Waals surface area contributed by atoms with Crippen LogP contribution in [0.2, 0.25) is 0 Å². The zero-order valence-corrected chi connectivity index (χ0v) is 11.9. The Morgan fingerprint density at radius 3 is 3.00 bits per heavy atom. The minimum atomic E-state index is -0.191. The molecule has 2 heterocycles. The highest BCUT2D eigenvalue weighted by atomic mass is 16.5. The van der Waals surface area contributed by atoms with Gasteiger partial charge in [-0.1, -0.05) is 12.1 Å². The Kier molecular flexibility index (Phi) is 3.79. The molecule has 2 aliphatic rings. The summed E-state index contributed by atoms with van der Waals surface area (Å²) >= 11 is 0. The van der Waals surface area contributed by atoms with Crippen LogP contribution in [-0.4, -0.2) is 55.7 Å². The van der Waals surface area contributed by atoms with Crippen LogP contribution in [0.15, 0.2) is 24.3 Å². The van der Waals surface area contributed by atoms with Gasteiger partial charge in [0.1, 0.15) is 12.3 Å². The average molecular weight is 290 g/mol. The first kappa shape index (κ1) is 13.9. The molecule has 1 aromatic rings. The molecule has 1 fully saturated rings. The van der Waals surface area contributed by atoms with Crippen LogP contribution in [0.5, 0.6) is 5.75 Å². The number of nitrogens with zero attached hydrogens (tertiary/aromatic N) is 2. The molecule has 6 heteroatoms. The molecule has 2 amide bonds. The number of fused-ring (bicyclic) bond motifs is 1. The van der Waals surface area contributed by atoms with E-state index in [-0.39, 0.29) is 31.1 Å². The highest BCUT2D eigenvalue weighted by molar-refractivity contribution is 6.02. The molecule has 0 aliphatic carbocycles. The Morgan fingerprint density at radius 2 is 2.19 bits per heavy atom. The van der Waals surface area contributed by atoms with E-state index in [9.17, 15) is 9.59 Å². The van der Waals surface area contributed by atoms with Crippen LogP contribution in [0.25, 0.3) is 0 Å². The molecular weight excluding hydrogens is 272 g/mol. The second-order valence-corrected chi connectivity index (χ2v) is 5.26. The molecule has 0 N–H and O–H groups in total. The van der Waals surface area contributed by atoms with Crippen LogP contribution in [0.1, 0.15) is 6.92 Å². The van der Waals surface area contributed by atoms with Gasteiger partial charge in [0, 0.05) is 13.1 Å². The summed E-state index contributed by atoms with van der Waals surface area (Å²) in [6, 6.07) is 7.27. The van der Waals surface area contributed by atoms with Gasteiger partial charge in [-0.3, -0.25) is 14.5 Å². The van der Waals surface area contributed by atoms with Crippen LogP contribution in [0.4, 0.5) is 5.69 Å². The first-order chi connectivity index (χ1) is 10.1. The minimum absolute atomic E-state index is 0.0240. The SMILES string of the molecule is CC1CN(C(=O)CN2C(=O)COc3ccccc32)CCO1. The van der Waals surface area contributed by atoms with Crippen LogP contribution < -0.4 is 9.64 Å². The van der Waals surface area contributed by atoms with Crippen molar-refractivity contribution in [1.29, 1.82) is 0 Å². The maximum atomic E-state index is 12.4. The van der Waals surface area contributed by atoms with Crippen molar-refractivity contribution in [3.8, 4) is 5.75 Å². The molecule has 0 spiro atoms. The van der Waals surface area contributed by atoms with E-state index in [1.165, 1.54) is 4.90 Å². The monoisotopic (exact) mass is 290 g/mol. The van der Waals surface area contributed by atoms with Gasteiger partial charge in [0.15, 0.2) is 6.61 Å². The Labute approximate surface area is 123 Å². The van der Waals surface area contributed by atoms with Crippen molar-refractivity contribution in [2.45, 2.75) is 13.0 Å². The molecule has 0 saturated carbocycles. The molecule has 1 aromatic carbocycles. The molecule has 3 rings (SSSR count). The van der Waals surface area contributed by atoms with E-state index in [2.05, 4.69) is 0 Å². The highest BCUT2D eigenvalue weighted by Gasteiger charge is 2.29. The van der Waals surface area contributed by atoms with Crippen molar-refractivity contribution in [2.24, 2.45) is 0 Å². The number of carbonyl (C=O) groups excluding carboxylic acids is 2. The number of para-hydroxylation sites is 2. The fourth-order valence-corrected chi connectivity index (χ4v) is 2.61. The van der Waals surface area contributed by atoms with Gasteiger partial charge in [-0.05, 0) is 19.1 Å². The minimum Gasteiger partial charge on any atom is -0.482 e. The lowest BCUT2D eigenvalue weighted by atomic mass is 10.2. The van der Waals surface area contributed by atoms with E-state index in [1.807, 2.05) is 19.1 Å². The van der Waals surface area contributed by atoms with E-state index in [0.717, 1.165) is 0 Å². The van der Waals surface area contributed by atoms with E-state index in [1.54, 1.807) is 17.0 Å². The lowest BCUT2D eigenvalue weighted by Gasteiger charge is -2.34. The zero-order chi connectivity index (χ0) is 14.8. The largest absolute Gasteiger partial charge is 0.482 e. The molecule has 2 aliphatic heterocycles. The van der Waals surface area contributed by atoms with Crippen molar-refractivity contribution >= 4 is 17.5 Å². The van der Waals surface area contributed by atoms with Crippen molar-refractivity contribution in [1.82, 2.24) is 4.90 Å². The van der Waals surface area contributed by atoms with Gasteiger partial charge in [0.25, 0.3) is 5.91 Å². The highest BCUT2D eigenvalue weighted by Crippen LogP contribution is 2.31. The summed E-state index contributed by atoms with van der Waals surface area (Å²) in [5.41, 5.74) is 0.656. The zero-order valence-electron chi connectivity index (χ0n) is 11.9. The summed E-state index contributed by atoms with van der Waals surface area (Å²) in [6.07, 6.45) is 0.0374. The van der Waals surface area contributed by atoms with E-state index in [0.29, 0.717) is 31.1 Å². The second kappa shape index (κ2) is 5.73. The van der Waals surface area contributed by atoms with Gasteiger partial charge in [0.2, 0.25) is 5.91 Å². The normalized spacial score (nSPS) is 21.8. The molecule has 1 atom stereocenters. The summed E-state index contributed by atoms with van der Waals surface area (Å²) in [7, 11) is 0. The fourth-order valence-electron chi connectivity index (χ4n) is 2.61. The predicted molar refractivity (Wildman–Crippen MR) is 76.3 cm³/mol. The number of carbonyl (C=O) groups is 2. The number of anilines is 1. The quantitative estimate of drug-likeness (QED) is 0.803. The van der Waals surface area contributed by atoms with Crippen LogP contribution in [0, 0.1) is 0 Å². The molecule has 0 aromatic heterocycles. The average Bonchev–Trinajstić information content (AvgIpc) is 2.50. The summed E-state index contributed by atoms with van der Waals surface area (Å²) in [6.45, 7) is 3.65. The van der Waals surface area contributed by atoms with Gasteiger partial charge >= 0.3 is 0 Å². The van der Waals surface area contributed by atoms with Crippen molar-refractivity contribution in [2.75, 3.05) is 37.7 Å². The number of morpholine rings is 1. The summed E-state index contributed by atoms with van der Waals surface area (Å²) in [5, 5.41) is 0. The molecule has 0 radical (unpaired) electrons. The maximum absolute atomic E-state index is 12.4. The summed E-state index contributed by atoms with van der Waals surface area (Å²) in [5.74, 6) is 0.388. The molecule has 112 valence electrons.